The van der Waals surface area contributed by atoms with Crippen LogP contribution in [0.3, 0.4) is 0 Å². The zero-order valence-electron chi connectivity index (χ0n) is 14.2. The van der Waals surface area contributed by atoms with E-state index >= 15 is 0 Å². The number of hydrogen-bond donors (Lipinski definition) is 2. The molecule has 1 amide bonds. The second-order valence-corrected chi connectivity index (χ2v) is 7.74. The standard InChI is InChI=1S/C16H17FN2O6S/c1-9-8-10(4-5-11(9)17)14(16(21)22)18-15(20)12-6-7-13(25-12)26(23,24)19(2)3/h4-8,14H,1-3H3,(H,18,20)(H,21,22). The largest absolute Gasteiger partial charge is 0.479 e. The number of rotatable bonds is 6. The van der Waals surface area contributed by atoms with Crippen LogP contribution in [0, 0.1) is 12.7 Å². The second-order valence-electron chi connectivity index (χ2n) is 5.66. The molecule has 0 fully saturated rings. The Bertz CT molecular complexity index is 951. The number of aryl methyl sites for hydroxylation is 1. The van der Waals surface area contributed by atoms with Gasteiger partial charge in [-0.15, -0.1) is 0 Å². The molecule has 0 bridgehead atoms. The Balaban J connectivity index is 2.27. The summed E-state index contributed by atoms with van der Waals surface area (Å²) in [7, 11) is -1.27. The molecular formula is C16H17FN2O6S. The van der Waals surface area contributed by atoms with Gasteiger partial charge in [-0.25, -0.2) is 21.9 Å². The smallest absolute Gasteiger partial charge is 0.330 e. The summed E-state index contributed by atoms with van der Waals surface area (Å²) in [5.41, 5.74) is 0.387. The molecule has 2 aromatic rings. The van der Waals surface area contributed by atoms with E-state index in [0.717, 1.165) is 22.5 Å². The second kappa shape index (κ2) is 7.26. The van der Waals surface area contributed by atoms with Crippen LogP contribution in [0.5, 0.6) is 0 Å². The van der Waals surface area contributed by atoms with Crippen LogP contribution in [0.4, 0.5) is 4.39 Å². The van der Waals surface area contributed by atoms with Gasteiger partial charge in [0.15, 0.2) is 11.8 Å². The Morgan fingerprint density at radius 1 is 1.23 bits per heavy atom. The van der Waals surface area contributed by atoms with Crippen LogP contribution in [-0.2, 0) is 14.8 Å². The fourth-order valence-electron chi connectivity index (χ4n) is 2.10. The number of benzene rings is 1. The average Bonchev–Trinajstić information content (AvgIpc) is 3.05. The lowest BCUT2D eigenvalue weighted by Gasteiger charge is -2.15. The molecule has 0 aliphatic rings. The molecule has 0 radical (unpaired) electrons. The Kier molecular flexibility index (Phi) is 5.47. The number of sulfonamides is 1. The molecule has 0 saturated carbocycles. The van der Waals surface area contributed by atoms with Crippen LogP contribution in [0.25, 0.3) is 0 Å². The lowest BCUT2D eigenvalue weighted by molar-refractivity contribution is -0.139. The molecule has 2 N–H and O–H groups in total. The number of nitrogens with one attached hydrogen (secondary N) is 1. The quantitative estimate of drug-likeness (QED) is 0.780. The molecule has 140 valence electrons. The number of halogens is 1. The van der Waals surface area contributed by atoms with Crippen LogP contribution in [0.15, 0.2) is 39.8 Å². The van der Waals surface area contributed by atoms with E-state index in [-0.39, 0.29) is 16.9 Å². The summed E-state index contributed by atoms with van der Waals surface area (Å²) >= 11 is 0. The Hall–Kier alpha value is -2.72. The Morgan fingerprint density at radius 3 is 2.42 bits per heavy atom. The molecule has 1 aromatic carbocycles. The zero-order valence-corrected chi connectivity index (χ0v) is 15.0. The minimum Gasteiger partial charge on any atom is -0.479 e. The number of nitrogens with zero attached hydrogens (tertiary/aromatic N) is 1. The maximum absolute atomic E-state index is 13.4. The number of hydrogen-bond acceptors (Lipinski definition) is 5. The lowest BCUT2D eigenvalue weighted by atomic mass is 10.0. The van der Waals surface area contributed by atoms with Crippen molar-refractivity contribution in [3.05, 3.63) is 53.0 Å². The molecule has 1 aromatic heterocycles. The molecule has 1 heterocycles. The van der Waals surface area contributed by atoms with Gasteiger partial charge in [0.05, 0.1) is 0 Å². The van der Waals surface area contributed by atoms with Crippen LogP contribution in [-0.4, -0.2) is 43.8 Å². The third-order valence-electron chi connectivity index (χ3n) is 3.58. The SMILES string of the molecule is Cc1cc(C(NC(=O)c2ccc(S(=O)(=O)N(C)C)o2)C(=O)O)ccc1F. The van der Waals surface area contributed by atoms with Crippen molar-refractivity contribution in [3.63, 3.8) is 0 Å². The summed E-state index contributed by atoms with van der Waals surface area (Å²) in [6.07, 6.45) is 0. The lowest BCUT2D eigenvalue weighted by Crippen LogP contribution is -2.33. The number of carbonyl (C=O) groups is 2. The third-order valence-corrected chi connectivity index (χ3v) is 5.27. The van der Waals surface area contributed by atoms with Gasteiger partial charge in [-0.3, -0.25) is 4.79 Å². The molecule has 1 atom stereocenters. The van der Waals surface area contributed by atoms with Crippen LogP contribution < -0.4 is 5.32 Å². The first-order valence-electron chi connectivity index (χ1n) is 7.36. The highest BCUT2D eigenvalue weighted by molar-refractivity contribution is 7.88. The molecule has 2 rings (SSSR count). The minimum atomic E-state index is -3.87. The number of furan rings is 1. The van der Waals surface area contributed by atoms with E-state index in [4.69, 9.17) is 4.42 Å². The first-order valence-corrected chi connectivity index (χ1v) is 8.80. The molecule has 8 nitrogen and oxygen atoms in total. The number of carboxylic acid groups (broad SMARTS) is 1. The third kappa shape index (κ3) is 3.92. The number of carbonyl (C=O) groups excluding carboxylic acids is 1. The van der Waals surface area contributed by atoms with Gasteiger partial charge >= 0.3 is 5.97 Å². The maximum atomic E-state index is 13.4. The first-order chi connectivity index (χ1) is 12.0. The summed E-state index contributed by atoms with van der Waals surface area (Å²) in [5.74, 6) is -3.15. The number of carboxylic acids is 1. The van der Waals surface area contributed by atoms with Gasteiger partial charge in [0.1, 0.15) is 5.82 Å². The summed E-state index contributed by atoms with van der Waals surface area (Å²) in [6, 6.07) is 4.41. The zero-order chi connectivity index (χ0) is 19.6. The van der Waals surface area contributed by atoms with E-state index < -0.39 is 38.9 Å². The van der Waals surface area contributed by atoms with Gasteiger partial charge in [0.2, 0.25) is 5.09 Å². The first kappa shape index (κ1) is 19.6. The molecule has 0 saturated heterocycles. The highest BCUT2D eigenvalue weighted by Crippen LogP contribution is 2.20. The van der Waals surface area contributed by atoms with Crippen molar-refractivity contribution < 1.29 is 31.9 Å². The molecule has 0 aliphatic heterocycles. The molecular weight excluding hydrogens is 367 g/mol. The van der Waals surface area contributed by atoms with Crippen LogP contribution >= 0.6 is 0 Å². The highest BCUT2D eigenvalue weighted by atomic mass is 32.2. The number of amides is 1. The molecule has 10 heteroatoms. The van der Waals surface area contributed by atoms with Crippen LogP contribution in [0.1, 0.15) is 27.7 Å². The Morgan fingerprint density at radius 2 is 1.88 bits per heavy atom. The Labute approximate surface area is 149 Å². The predicted molar refractivity (Wildman–Crippen MR) is 88.6 cm³/mol. The van der Waals surface area contributed by atoms with Crippen molar-refractivity contribution in [2.45, 2.75) is 18.1 Å². The molecule has 0 aliphatic carbocycles. The highest BCUT2D eigenvalue weighted by Gasteiger charge is 2.27. The summed E-state index contributed by atoms with van der Waals surface area (Å²) < 4.78 is 43.2. The van der Waals surface area contributed by atoms with E-state index in [1.165, 1.54) is 33.2 Å². The van der Waals surface area contributed by atoms with Gasteiger partial charge in [0, 0.05) is 14.1 Å². The van der Waals surface area contributed by atoms with Gasteiger partial charge in [-0.05, 0) is 36.2 Å². The molecule has 26 heavy (non-hydrogen) atoms. The summed E-state index contributed by atoms with van der Waals surface area (Å²) in [6.45, 7) is 1.46. The van der Waals surface area contributed by atoms with Gasteiger partial charge in [-0.2, -0.15) is 0 Å². The minimum absolute atomic E-state index is 0.164. The van der Waals surface area contributed by atoms with Crippen LogP contribution in [0.2, 0.25) is 0 Å². The van der Waals surface area contributed by atoms with Crippen molar-refractivity contribution in [2.24, 2.45) is 0 Å². The molecule has 1 unspecified atom stereocenters. The van der Waals surface area contributed by atoms with Gasteiger partial charge in [0.25, 0.3) is 15.9 Å². The summed E-state index contributed by atoms with van der Waals surface area (Å²) in [5, 5.41) is 11.1. The van der Waals surface area contributed by atoms with Gasteiger partial charge in [-0.1, -0.05) is 12.1 Å². The summed E-state index contributed by atoms with van der Waals surface area (Å²) in [4.78, 5) is 23.7. The topological polar surface area (TPSA) is 117 Å². The van der Waals surface area contributed by atoms with Gasteiger partial charge < -0.3 is 14.8 Å². The fraction of sp³-hybridized carbons (Fsp3) is 0.250. The van der Waals surface area contributed by atoms with E-state index in [2.05, 4.69) is 5.32 Å². The predicted octanol–water partition coefficient (Wildman–Crippen LogP) is 1.53. The van der Waals surface area contributed by atoms with E-state index in [0.29, 0.717) is 0 Å². The number of aliphatic carboxylic acids is 1. The van der Waals surface area contributed by atoms with E-state index in [1.807, 2.05) is 0 Å². The van der Waals surface area contributed by atoms with Crippen molar-refractivity contribution in [1.29, 1.82) is 0 Å². The average molecular weight is 384 g/mol. The van der Waals surface area contributed by atoms with Crippen molar-refractivity contribution in [1.82, 2.24) is 9.62 Å². The van der Waals surface area contributed by atoms with Crippen molar-refractivity contribution >= 4 is 21.9 Å². The monoisotopic (exact) mass is 384 g/mol. The fourth-order valence-corrected chi connectivity index (χ4v) is 2.89. The normalized spacial score (nSPS) is 12.8. The van der Waals surface area contributed by atoms with E-state index in [9.17, 15) is 27.5 Å². The van der Waals surface area contributed by atoms with Crippen molar-refractivity contribution in [2.75, 3.05) is 14.1 Å². The molecule has 0 spiro atoms. The maximum Gasteiger partial charge on any atom is 0.330 e. The van der Waals surface area contributed by atoms with E-state index in [1.54, 1.807) is 0 Å². The van der Waals surface area contributed by atoms with Crippen molar-refractivity contribution in [3.8, 4) is 0 Å².